The second-order valence-electron chi connectivity index (χ2n) is 10.2. The van der Waals surface area contributed by atoms with Gasteiger partial charge in [-0.25, -0.2) is 0 Å². The monoisotopic (exact) mass is 558 g/mol. The topological polar surface area (TPSA) is 99.9 Å². The lowest BCUT2D eigenvalue weighted by Crippen LogP contribution is -2.30. The van der Waals surface area contributed by atoms with Crippen LogP contribution in [0.1, 0.15) is 76.5 Å². The molecule has 0 unspecified atom stereocenters. The van der Waals surface area contributed by atoms with Crippen LogP contribution in [0, 0.1) is 0 Å². The summed E-state index contributed by atoms with van der Waals surface area (Å²) in [4.78, 5) is 38.6. The second kappa shape index (κ2) is 12.4. The van der Waals surface area contributed by atoms with E-state index in [4.69, 9.17) is 21.1 Å². The maximum Gasteiger partial charge on any atom is 0.305 e. The number of amides is 2. The number of carbonyl (C=O) groups excluding carboxylic acids is 2. The third-order valence-corrected chi connectivity index (χ3v) is 7.63. The molecule has 0 atom stereocenters. The number of fused-ring (bicyclic) bond motifs is 1. The Morgan fingerprint density at radius 1 is 0.925 bits per heavy atom. The van der Waals surface area contributed by atoms with E-state index in [0.717, 1.165) is 16.6 Å². The van der Waals surface area contributed by atoms with Gasteiger partial charge in [0.2, 0.25) is 0 Å². The molecule has 4 aromatic rings. The van der Waals surface area contributed by atoms with Crippen molar-refractivity contribution in [3.8, 4) is 0 Å². The van der Waals surface area contributed by atoms with Crippen LogP contribution in [0.2, 0.25) is 5.02 Å². The Labute approximate surface area is 237 Å². The first-order chi connectivity index (χ1) is 19.4. The number of carbonyl (C=O) groups is 3. The molecule has 3 aromatic carbocycles. The molecule has 1 heterocycles. The maximum atomic E-state index is 13.8. The zero-order valence-electron chi connectivity index (χ0n) is 22.1. The molecule has 1 aromatic heterocycles. The molecule has 7 nitrogen and oxygen atoms in total. The number of carboxylic acid groups (broad SMARTS) is 1. The molecule has 2 amide bonds. The van der Waals surface area contributed by atoms with Gasteiger partial charge in [0.25, 0.3) is 11.8 Å². The predicted octanol–water partition coefficient (Wildman–Crippen LogP) is 7.19. The molecule has 0 radical (unpaired) electrons. The van der Waals surface area contributed by atoms with Crippen molar-refractivity contribution in [2.24, 2.45) is 0 Å². The van der Waals surface area contributed by atoms with Crippen molar-refractivity contribution in [1.82, 2.24) is 5.32 Å². The summed E-state index contributed by atoms with van der Waals surface area (Å²) < 4.78 is 5.90. The van der Waals surface area contributed by atoms with Crippen LogP contribution in [0.5, 0.6) is 0 Å². The summed E-state index contributed by atoms with van der Waals surface area (Å²) in [5, 5.41) is 12.7. The molecule has 1 aliphatic carbocycles. The van der Waals surface area contributed by atoms with Crippen LogP contribution in [0.3, 0.4) is 0 Å². The number of rotatable bonds is 9. The van der Waals surface area contributed by atoms with Gasteiger partial charge in [-0.15, -0.1) is 0 Å². The summed E-state index contributed by atoms with van der Waals surface area (Å²) >= 11 is 6.14. The highest BCUT2D eigenvalue weighted by Gasteiger charge is 2.23. The van der Waals surface area contributed by atoms with Gasteiger partial charge in [-0.3, -0.25) is 14.4 Å². The first-order valence-electron chi connectivity index (χ1n) is 13.6. The van der Waals surface area contributed by atoms with Crippen molar-refractivity contribution in [3.63, 3.8) is 0 Å². The zero-order valence-corrected chi connectivity index (χ0v) is 22.8. The fourth-order valence-electron chi connectivity index (χ4n) is 5.22. The van der Waals surface area contributed by atoms with E-state index in [2.05, 4.69) is 17.4 Å². The largest absolute Gasteiger partial charge is 0.481 e. The minimum Gasteiger partial charge on any atom is -0.481 e. The van der Waals surface area contributed by atoms with E-state index in [9.17, 15) is 14.4 Å². The van der Waals surface area contributed by atoms with Crippen molar-refractivity contribution in [1.29, 1.82) is 0 Å². The summed E-state index contributed by atoms with van der Waals surface area (Å²) in [5.74, 6) is -0.836. The SMILES string of the molecule is O=C(O)CCNC(=O)c1ccc(CN(C(=O)c2cc3cc(Cl)ccc3o2)c2ccc(C3CCCCC3)cc2)cc1. The summed E-state index contributed by atoms with van der Waals surface area (Å²) in [6.07, 6.45) is 6.04. The van der Waals surface area contributed by atoms with Crippen LogP contribution in [-0.2, 0) is 11.3 Å². The second-order valence-corrected chi connectivity index (χ2v) is 10.6. The Morgan fingerprint density at radius 2 is 1.65 bits per heavy atom. The normalized spacial score (nSPS) is 13.7. The standard InChI is InChI=1S/C32H31ClN2O5/c33-26-12-15-28-25(18-26)19-29(40-28)32(39)35(27-13-10-23(11-14-27)22-4-2-1-3-5-22)20-21-6-8-24(9-7-21)31(38)34-17-16-30(36)37/h6-15,18-19,22H,1-5,16-17,20H2,(H,34,38)(H,36,37). The van der Waals surface area contributed by atoms with Crippen molar-refractivity contribution < 1.29 is 23.9 Å². The van der Waals surface area contributed by atoms with E-state index in [1.807, 2.05) is 12.1 Å². The number of aliphatic carboxylic acids is 1. The first kappa shape index (κ1) is 27.5. The number of carboxylic acids is 1. The lowest BCUT2D eigenvalue weighted by atomic mass is 9.84. The van der Waals surface area contributed by atoms with Crippen LogP contribution in [0.15, 0.2) is 77.2 Å². The first-order valence-corrected chi connectivity index (χ1v) is 13.9. The van der Waals surface area contributed by atoms with Gasteiger partial charge in [-0.05, 0) is 78.4 Å². The minimum absolute atomic E-state index is 0.0533. The molecule has 206 valence electrons. The molecule has 0 spiro atoms. The molecule has 0 saturated heterocycles. The number of nitrogens with one attached hydrogen (secondary N) is 1. The van der Waals surface area contributed by atoms with E-state index in [0.29, 0.717) is 22.1 Å². The van der Waals surface area contributed by atoms with Crippen molar-refractivity contribution in [2.75, 3.05) is 11.4 Å². The van der Waals surface area contributed by atoms with Crippen molar-refractivity contribution in [2.45, 2.75) is 51.0 Å². The molecule has 1 saturated carbocycles. The van der Waals surface area contributed by atoms with Gasteiger partial charge < -0.3 is 19.7 Å². The number of halogens is 1. The van der Waals surface area contributed by atoms with E-state index in [1.165, 1.54) is 37.7 Å². The van der Waals surface area contributed by atoms with Crippen molar-refractivity contribution in [3.05, 3.63) is 100 Å². The van der Waals surface area contributed by atoms with Gasteiger partial charge in [0.05, 0.1) is 13.0 Å². The van der Waals surface area contributed by atoms with Gasteiger partial charge >= 0.3 is 5.97 Å². The highest BCUT2D eigenvalue weighted by atomic mass is 35.5. The average molecular weight is 559 g/mol. The Morgan fingerprint density at radius 3 is 2.35 bits per heavy atom. The lowest BCUT2D eigenvalue weighted by Gasteiger charge is -2.25. The Hall–Kier alpha value is -4.10. The third kappa shape index (κ3) is 6.54. The van der Waals surface area contributed by atoms with Gasteiger partial charge in [-0.2, -0.15) is 0 Å². The zero-order chi connectivity index (χ0) is 28.1. The van der Waals surface area contributed by atoms with Crippen molar-refractivity contribution >= 4 is 46.0 Å². The number of hydrogen-bond donors (Lipinski definition) is 2. The summed E-state index contributed by atoms with van der Waals surface area (Å²) in [6.45, 7) is 0.318. The van der Waals surface area contributed by atoms with Crippen LogP contribution >= 0.6 is 11.6 Å². The Balaban J connectivity index is 1.39. The molecular weight excluding hydrogens is 528 g/mol. The number of nitrogens with zero attached hydrogens (tertiary/aromatic N) is 1. The number of anilines is 1. The van der Waals surface area contributed by atoms with Gasteiger partial charge in [-0.1, -0.05) is 55.1 Å². The molecule has 0 aliphatic heterocycles. The highest BCUT2D eigenvalue weighted by Crippen LogP contribution is 2.34. The van der Waals surface area contributed by atoms with Gasteiger partial charge in [0.1, 0.15) is 5.58 Å². The molecule has 1 fully saturated rings. The van der Waals surface area contributed by atoms with Gasteiger partial charge in [0, 0.05) is 28.2 Å². The minimum atomic E-state index is -0.972. The number of furan rings is 1. The van der Waals surface area contributed by atoms with Gasteiger partial charge in [0.15, 0.2) is 5.76 Å². The van der Waals surface area contributed by atoms with Crippen LogP contribution in [0.25, 0.3) is 11.0 Å². The summed E-state index contributed by atoms with van der Waals surface area (Å²) in [5.41, 5.74) is 3.87. The van der Waals surface area contributed by atoms with Crippen LogP contribution in [-0.4, -0.2) is 29.4 Å². The highest BCUT2D eigenvalue weighted by molar-refractivity contribution is 6.31. The average Bonchev–Trinajstić information content (AvgIpc) is 3.39. The lowest BCUT2D eigenvalue weighted by molar-refractivity contribution is -0.136. The molecule has 1 aliphatic rings. The molecular formula is C32H31ClN2O5. The molecule has 40 heavy (non-hydrogen) atoms. The Bertz CT molecular complexity index is 1500. The molecule has 5 rings (SSSR count). The van der Waals surface area contributed by atoms with Crippen LogP contribution < -0.4 is 10.2 Å². The fraction of sp³-hybridized carbons (Fsp3) is 0.281. The van der Waals surface area contributed by atoms with E-state index in [-0.39, 0.29) is 37.1 Å². The van der Waals surface area contributed by atoms with Crippen LogP contribution in [0.4, 0.5) is 5.69 Å². The predicted molar refractivity (Wildman–Crippen MR) is 155 cm³/mol. The number of hydrogen-bond acceptors (Lipinski definition) is 4. The third-order valence-electron chi connectivity index (χ3n) is 7.40. The molecule has 2 N–H and O–H groups in total. The molecule has 8 heteroatoms. The summed E-state index contributed by atoms with van der Waals surface area (Å²) in [6, 6.07) is 22.1. The van der Waals surface area contributed by atoms with E-state index >= 15 is 0 Å². The number of benzene rings is 3. The Kier molecular flexibility index (Phi) is 8.51. The van der Waals surface area contributed by atoms with E-state index < -0.39 is 5.97 Å². The quantitative estimate of drug-likeness (QED) is 0.226. The molecule has 0 bridgehead atoms. The summed E-state index contributed by atoms with van der Waals surface area (Å²) in [7, 11) is 0. The smallest absolute Gasteiger partial charge is 0.305 e. The van der Waals surface area contributed by atoms with E-state index in [1.54, 1.807) is 53.4 Å². The maximum absolute atomic E-state index is 13.8. The fourth-order valence-corrected chi connectivity index (χ4v) is 5.40.